The van der Waals surface area contributed by atoms with Crippen LogP contribution in [0.3, 0.4) is 0 Å². The van der Waals surface area contributed by atoms with E-state index in [2.05, 4.69) is 11.1 Å². The molecule has 0 atom stereocenters. The Balaban J connectivity index is 0.000000500. The maximum absolute atomic E-state index is 4.06. The van der Waals surface area contributed by atoms with Crippen LogP contribution < -0.4 is 12.4 Å². The molecule has 0 aliphatic heterocycles. The molecule has 0 N–H and O–H groups in total. The van der Waals surface area contributed by atoms with Crippen molar-refractivity contribution in [1.82, 2.24) is 9.38 Å². The molecule has 2 rings (SSSR count). The van der Waals surface area contributed by atoms with E-state index < -0.39 is 0 Å². The molecule has 2 nitrogen and oxygen atoms in total. The van der Waals surface area contributed by atoms with Crippen molar-refractivity contribution in [3.8, 4) is 0 Å². The predicted molar refractivity (Wildman–Crippen MR) is 39.8 cm³/mol. The fourth-order valence-electron chi connectivity index (χ4n) is 0.809. The van der Waals surface area contributed by atoms with Crippen molar-refractivity contribution in [1.29, 1.82) is 0 Å². The van der Waals surface area contributed by atoms with Crippen LogP contribution in [0.1, 0.15) is 0 Å². The fourth-order valence-corrected chi connectivity index (χ4v) is 0.809. The van der Waals surface area contributed by atoms with Gasteiger partial charge in [-0.15, -0.1) is 0 Å². The first kappa shape index (κ1) is 10.7. The number of hydrogen-bond acceptors (Lipinski definition) is 1. The quantitative estimate of drug-likeness (QED) is 0.328. The minimum atomic E-state index is 0. The molecular formula is C7H5ClMgN2. The number of nitrogens with zero attached hydrogens (tertiary/aromatic N) is 2. The van der Waals surface area contributed by atoms with Gasteiger partial charge < -0.3 is 16.8 Å². The van der Waals surface area contributed by atoms with Crippen LogP contribution in [0.4, 0.5) is 0 Å². The Hall–Kier alpha value is -0.254. The van der Waals surface area contributed by atoms with E-state index in [4.69, 9.17) is 0 Å². The van der Waals surface area contributed by atoms with Gasteiger partial charge in [0.05, 0.1) is 5.65 Å². The fraction of sp³-hybridized carbons (Fsp3) is 0. The minimum absolute atomic E-state index is 0. The summed E-state index contributed by atoms with van der Waals surface area (Å²) >= 11 is 0. The zero-order valence-electron chi connectivity index (χ0n) is 5.87. The van der Waals surface area contributed by atoms with Gasteiger partial charge in [-0.05, 0) is 0 Å². The van der Waals surface area contributed by atoms with Gasteiger partial charge in [-0.2, -0.15) is 6.07 Å². The summed E-state index contributed by atoms with van der Waals surface area (Å²) in [5.41, 5.74) is 0.966. The van der Waals surface area contributed by atoms with Crippen LogP contribution >= 0.6 is 0 Å². The summed E-state index contributed by atoms with van der Waals surface area (Å²) in [6, 6.07) is 6.71. The number of imidazole rings is 1. The Morgan fingerprint density at radius 2 is 2.27 bits per heavy atom. The topological polar surface area (TPSA) is 17.3 Å². The van der Waals surface area contributed by atoms with Crippen LogP contribution in [0.25, 0.3) is 5.65 Å². The van der Waals surface area contributed by atoms with E-state index in [0.29, 0.717) is 0 Å². The summed E-state index contributed by atoms with van der Waals surface area (Å²) in [5, 5.41) is 0. The van der Waals surface area contributed by atoms with E-state index in [1.807, 2.05) is 28.9 Å². The van der Waals surface area contributed by atoms with Gasteiger partial charge in [-0.1, -0.05) is 6.20 Å². The van der Waals surface area contributed by atoms with Gasteiger partial charge >= 0.3 is 23.1 Å². The molecule has 52 valence electrons. The van der Waals surface area contributed by atoms with Crippen molar-refractivity contribution in [3.05, 3.63) is 36.8 Å². The van der Waals surface area contributed by atoms with E-state index in [9.17, 15) is 0 Å². The van der Waals surface area contributed by atoms with E-state index in [0.717, 1.165) is 5.65 Å². The van der Waals surface area contributed by atoms with Crippen molar-refractivity contribution < 1.29 is 12.4 Å². The molecule has 0 radical (unpaired) electrons. The first-order chi connectivity index (χ1) is 4.47. The van der Waals surface area contributed by atoms with E-state index >= 15 is 0 Å². The molecule has 0 unspecified atom stereocenters. The van der Waals surface area contributed by atoms with Crippen LogP contribution in [-0.2, 0) is 0 Å². The summed E-state index contributed by atoms with van der Waals surface area (Å²) in [5.74, 6) is 0. The third-order valence-electron chi connectivity index (χ3n) is 1.24. The van der Waals surface area contributed by atoms with E-state index in [1.54, 1.807) is 6.20 Å². The van der Waals surface area contributed by atoms with Gasteiger partial charge in [0.15, 0.2) is 0 Å². The number of halogens is 1. The summed E-state index contributed by atoms with van der Waals surface area (Å²) in [6.45, 7) is 0. The molecule has 2 aromatic heterocycles. The van der Waals surface area contributed by atoms with Gasteiger partial charge in [-0.25, -0.2) is 12.1 Å². The Kier molecular flexibility index (Phi) is 4.48. The molecule has 0 aromatic carbocycles. The third-order valence-corrected chi connectivity index (χ3v) is 1.24. The Bertz CT molecular complexity index is 290. The second-order valence-electron chi connectivity index (χ2n) is 1.82. The molecule has 0 fully saturated rings. The SMILES string of the molecule is [Cl-].[Mg+2].[c-]1ccc2nccn2c1. The molecule has 0 aliphatic rings. The summed E-state index contributed by atoms with van der Waals surface area (Å²) < 4.78 is 1.92. The van der Waals surface area contributed by atoms with Gasteiger partial charge in [0, 0.05) is 12.4 Å². The number of rotatable bonds is 0. The number of fused-ring (bicyclic) bond motifs is 1. The Morgan fingerprint density at radius 3 is 3.00 bits per heavy atom. The normalized spacial score (nSPS) is 8.36. The van der Waals surface area contributed by atoms with Gasteiger partial charge in [0.2, 0.25) is 0 Å². The zero-order chi connectivity index (χ0) is 6.10. The summed E-state index contributed by atoms with van der Waals surface area (Å²) in [4.78, 5) is 4.06. The number of aromatic nitrogens is 2. The second-order valence-corrected chi connectivity index (χ2v) is 1.82. The summed E-state index contributed by atoms with van der Waals surface area (Å²) in [6.07, 6.45) is 5.51. The number of hydrogen-bond donors (Lipinski definition) is 0. The van der Waals surface area contributed by atoms with Crippen LogP contribution in [0, 0.1) is 6.07 Å². The van der Waals surface area contributed by atoms with Crippen LogP contribution in [-0.4, -0.2) is 32.4 Å². The third kappa shape index (κ3) is 2.09. The average Bonchev–Trinajstić information content (AvgIpc) is 2.33. The molecule has 2 heterocycles. The minimum Gasteiger partial charge on any atom is -1.00 e. The monoisotopic (exact) mass is 176 g/mol. The molecule has 0 saturated carbocycles. The van der Waals surface area contributed by atoms with Gasteiger partial charge in [0.1, 0.15) is 0 Å². The molecule has 0 amide bonds. The largest absolute Gasteiger partial charge is 2.00 e. The second kappa shape index (κ2) is 4.59. The standard InChI is InChI=1S/C7H5N2.ClH.Mg/c1-2-5-9-6-4-8-7(9)3-1;;/h1,3-6H;1H;/q-1;;+2/p-1. The smallest absolute Gasteiger partial charge is 1.00 e. The van der Waals surface area contributed by atoms with Crippen molar-refractivity contribution in [2.75, 3.05) is 0 Å². The van der Waals surface area contributed by atoms with Crippen molar-refractivity contribution >= 4 is 28.7 Å². The van der Waals surface area contributed by atoms with Gasteiger partial charge in [-0.3, -0.25) is 4.98 Å². The van der Waals surface area contributed by atoms with Crippen molar-refractivity contribution in [2.45, 2.75) is 0 Å². The zero-order valence-corrected chi connectivity index (χ0v) is 8.04. The molecule has 0 bridgehead atoms. The molecular weight excluding hydrogens is 172 g/mol. The molecule has 4 heteroatoms. The molecule has 11 heavy (non-hydrogen) atoms. The Labute approximate surface area is 87.2 Å². The molecule has 0 aliphatic carbocycles. The number of pyridine rings is 1. The summed E-state index contributed by atoms with van der Waals surface area (Å²) in [7, 11) is 0. The van der Waals surface area contributed by atoms with Crippen molar-refractivity contribution in [3.63, 3.8) is 0 Å². The predicted octanol–water partition coefficient (Wildman–Crippen LogP) is -2.24. The Morgan fingerprint density at radius 1 is 1.45 bits per heavy atom. The average molecular weight is 177 g/mol. The van der Waals surface area contributed by atoms with Crippen molar-refractivity contribution in [2.24, 2.45) is 0 Å². The van der Waals surface area contributed by atoms with Crippen LogP contribution in [0.5, 0.6) is 0 Å². The van der Waals surface area contributed by atoms with Crippen LogP contribution in [0.2, 0.25) is 0 Å². The molecule has 2 aromatic rings. The maximum atomic E-state index is 4.06. The maximum Gasteiger partial charge on any atom is 2.00 e. The van der Waals surface area contributed by atoms with E-state index in [1.165, 1.54) is 0 Å². The first-order valence-corrected chi connectivity index (χ1v) is 2.75. The van der Waals surface area contributed by atoms with Gasteiger partial charge in [0.25, 0.3) is 0 Å². The van der Waals surface area contributed by atoms with Crippen LogP contribution in [0.15, 0.2) is 30.7 Å². The molecule has 0 saturated heterocycles. The molecule has 0 spiro atoms. The first-order valence-electron chi connectivity index (χ1n) is 2.75. The van der Waals surface area contributed by atoms with E-state index in [-0.39, 0.29) is 35.5 Å².